The van der Waals surface area contributed by atoms with E-state index in [4.69, 9.17) is 10.5 Å². The second-order valence-corrected chi connectivity index (χ2v) is 5.14. The maximum atomic E-state index is 5.95. The van der Waals surface area contributed by atoms with Crippen LogP contribution in [0.3, 0.4) is 0 Å². The molecular formula is C14H20N2O. The maximum Gasteiger partial charge on any atom is 0.120 e. The fourth-order valence-corrected chi connectivity index (χ4v) is 3.57. The second kappa shape index (κ2) is 4.22. The van der Waals surface area contributed by atoms with E-state index in [1.165, 1.54) is 24.9 Å². The van der Waals surface area contributed by atoms with E-state index in [-0.39, 0.29) is 0 Å². The quantitative estimate of drug-likeness (QED) is 0.866. The molecule has 17 heavy (non-hydrogen) atoms. The molecule has 2 fully saturated rings. The standard InChI is InChI=1S/C14H20N2O/c1-17-13-4-2-3-11(8-13)16-12-6-5-10(7-12)14(16)9-15/h2-4,8,10,12,14H,5-7,9,15H2,1H3. The van der Waals surface area contributed by atoms with E-state index in [1.54, 1.807) is 7.11 Å². The van der Waals surface area contributed by atoms with Crippen molar-refractivity contribution in [2.24, 2.45) is 11.7 Å². The van der Waals surface area contributed by atoms with Crippen molar-refractivity contribution < 1.29 is 4.74 Å². The van der Waals surface area contributed by atoms with E-state index >= 15 is 0 Å². The Bertz CT molecular complexity index is 407. The fraction of sp³-hybridized carbons (Fsp3) is 0.571. The number of hydrogen-bond acceptors (Lipinski definition) is 3. The summed E-state index contributed by atoms with van der Waals surface area (Å²) in [5.41, 5.74) is 7.22. The van der Waals surface area contributed by atoms with Crippen LogP contribution in [0.1, 0.15) is 19.3 Å². The molecule has 1 saturated heterocycles. The third-order valence-electron chi connectivity index (χ3n) is 4.33. The minimum absolute atomic E-state index is 0.529. The van der Waals surface area contributed by atoms with E-state index < -0.39 is 0 Å². The summed E-state index contributed by atoms with van der Waals surface area (Å²) in [6, 6.07) is 9.58. The summed E-state index contributed by atoms with van der Waals surface area (Å²) in [5.74, 6) is 1.73. The predicted molar refractivity (Wildman–Crippen MR) is 69.4 cm³/mol. The SMILES string of the molecule is COc1cccc(N2C3CCC(C3)C2CN)c1. The number of nitrogens with two attached hydrogens (primary N) is 1. The Kier molecular flexibility index (Phi) is 2.71. The molecule has 3 atom stereocenters. The van der Waals surface area contributed by atoms with Gasteiger partial charge in [0.15, 0.2) is 0 Å². The number of piperidine rings is 1. The van der Waals surface area contributed by atoms with Crippen LogP contribution in [0.25, 0.3) is 0 Å². The predicted octanol–water partition coefficient (Wildman–Crippen LogP) is 2.01. The van der Waals surface area contributed by atoms with E-state index in [0.717, 1.165) is 18.2 Å². The first kappa shape index (κ1) is 10.9. The van der Waals surface area contributed by atoms with Gasteiger partial charge in [0, 0.05) is 30.4 Å². The molecule has 0 amide bonds. The van der Waals surface area contributed by atoms with Crippen LogP contribution in [0.5, 0.6) is 5.75 Å². The van der Waals surface area contributed by atoms with Gasteiger partial charge in [0.2, 0.25) is 0 Å². The molecule has 2 bridgehead atoms. The fourth-order valence-electron chi connectivity index (χ4n) is 3.57. The third-order valence-corrected chi connectivity index (χ3v) is 4.33. The number of nitrogens with zero attached hydrogens (tertiary/aromatic N) is 1. The zero-order chi connectivity index (χ0) is 11.8. The molecule has 1 aliphatic carbocycles. The molecule has 92 valence electrons. The number of anilines is 1. The Labute approximate surface area is 103 Å². The van der Waals surface area contributed by atoms with Crippen LogP contribution in [0, 0.1) is 5.92 Å². The Morgan fingerprint density at radius 3 is 3.06 bits per heavy atom. The highest BCUT2D eigenvalue weighted by Crippen LogP contribution is 2.44. The van der Waals surface area contributed by atoms with Gasteiger partial charge in [0.05, 0.1) is 7.11 Å². The van der Waals surface area contributed by atoms with Crippen LogP contribution in [-0.4, -0.2) is 25.7 Å². The van der Waals surface area contributed by atoms with Crippen molar-refractivity contribution >= 4 is 5.69 Å². The van der Waals surface area contributed by atoms with Crippen molar-refractivity contribution in [1.29, 1.82) is 0 Å². The smallest absolute Gasteiger partial charge is 0.120 e. The van der Waals surface area contributed by atoms with Crippen molar-refractivity contribution in [3.63, 3.8) is 0 Å². The topological polar surface area (TPSA) is 38.5 Å². The van der Waals surface area contributed by atoms with Crippen molar-refractivity contribution in [3.05, 3.63) is 24.3 Å². The van der Waals surface area contributed by atoms with Crippen LogP contribution in [-0.2, 0) is 0 Å². The molecular weight excluding hydrogens is 212 g/mol. The summed E-state index contributed by atoms with van der Waals surface area (Å²) in [5, 5.41) is 0. The first-order valence-electron chi connectivity index (χ1n) is 6.46. The molecule has 2 N–H and O–H groups in total. The number of methoxy groups -OCH3 is 1. The number of rotatable bonds is 3. The molecule has 1 saturated carbocycles. The normalized spacial score (nSPS) is 30.9. The number of fused-ring (bicyclic) bond motifs is 2. The molecule has 0 spiro atoms. The first-order valence-corrected chi connectivity index (χ1v) is 6.46. The van der Waals surface area contributed by atoms with Gasteiger partial charge in [-0.15, -0.1) is 0 Å². The molecule has 1 heterocycles. The zero-order valence-electron chi connectivity index (χ0n) is 10.3. The van der Waals surface area contributed by atoms with Crippen LogP contribution in [0.4, 0.5) is 5.69 Å². The van der Waals surface area contributed by atoms with Gasteiger partial charge in [0.25, 0.3) is 0 Å². The summed E-state index contributed by atoms with van der Waals surface area (Å²) < 4.78 is 5.31. The van der Waals surface area contributed by atoms with Gasteiger partial charge in [-0.1, -0.05) is 6.07 Å². The van der Waals surface area contributed by atoms with Crippen molar-refractivity contribution in [2.75, 3.05) is 18.6 Å². The number of benzene rings is 1. The van der Waals surface area contributed by atoms with Crippen LogP contribution in [0.2, 0.25) is 0 Å². The van der Waals surface area contributed by atoms with Gasteiger partial charge < -0.3 is 15.4 Å². The monoisotopic (exact) mass is 232 g/mol. The minimum Gasteiger partial charge on any atom is -0.497 e. The second-order valence-electron chi connectivity index (χ2n) is 5.14. The first-order chi connectivity index (χ1) is 8.33. The van der Waals surface area contributed by atoms with Crippen molar-refractivity contribution in [3.8, 4) is 5.75 Å². The van der Waals surface area contributed by atoms with Crippen LogP contribution < -0.4 is 15.4 Å². The zero-order valence-corrected chi connectivity index (χ0v) is 10.3. The van der Waals surface area contributed by atoms with E-state index in [2.05, 4.69) is 23.1 Å². The molecule has 0 radical (unpaired) electrons. The molecule has 1 aromatic rings. The van der Waals surface area contributed by atoms with Gasteiger partial charge in [-0.2, -0.15) is 0 Å². The molecule has 3 nitrogen and oxygen atoms in total. The number of hydrogen-bond donors (Lipinski definition) is 1. The molecule has 1 aromatic carbocycles. The highest BCUT2D eigenvalue weighted by Gasteiger charge is 2.44. The molecule has 0 aromatic heterocycles. The average molecular weight is 232 g/mol. The highest BCUT2D eigenvalue weighted by molar-refractivity contribution is 5.54. The van der Waals surface area contributed by atoms with Crippen molar-refractivity contribution in [2.45, 2.75) is 31.3 Å². The molecule has 1 aliphatic heterocycles. The Balaban J connectivity index is 1.92. The summed E-state index contributed by atoms with van der Waals surface area (Å²) >= 11 is 0. The van der Waals surface area contributed by atoms with E-state index in [9.17, 15) is 0 Å². The van der Waals surface area contributed by atoms with Gasteiger partial charge >= 0.3 is 0 Å². The molecule has 3 rings (SSSR count). The summed E-state index contributed by atoms with van der Waals surface area (Å²) in [6.45, 7) is 0.762. The summed E-state index contributed by atoms with van der Waals surface area (Å²) in [7, 11) is 1.72. The van der Waals surface area contributed by atoms with Gasteiger partial charge in [-0.05, 0) is 37.3 Å². The lowest BCUT2D eigenvalue weighted by molar-refractivity contribution is 0.412. The van der Waals surface area contributed by atoms with Crippen LogP contribution in [0.15, 0.2) is 24.3 Å². The molecule has 3 heteroatoms. The Hall–Kier alpha value is -1.22. The largest absolute Gasteiger partial charge is 0.497 e. The van der Waals surface area contributed by atoms with Gasteiger partial charge in [0.1, 0.15) is 5.75 Å². The lowest BCUT2D eigenvalue weighted by atomic mass is 9.98. The lowest BCUT2D eigenvalue weighted by Gasteiger charge is -2.36. The molecule has 2 aliphatic rings. The minimum atomic E-state index is 0.529. The van der Waals surface area contributed by atoms with E-state index in [1.807, 2.05) is 6.07 Å². The van der Waals surface area contributed by atoms with E-state index in [0.29, 0.717) is 12.1 Å². The maximum absolute atomic E-state index is 5.95. The number of ether oxygens (including phenoxy) is 1. The summed E-state index contributed by atoms with van der Waals surface area (Å²) in [4.78, 5) is 2.52. The lowest BCUT2D eigenvalue weighted by Crippen LogP contribution is -2.45. The van der Waals surface area contributed by atoms with Gasteiger partial charge in [-0.25, -0.2) is 0 Å². The average Bonchev–Trinajstić information content (AvgIpc) is 2.98. The Morgan fingerprint density at radius 2 is 2.29 bits per heavy atom. The third kappa shape index (κ3) is 1.69. The summed E-state index contributed by atoms with van der Waals surface area (Å²) in [6.07, 6.45) is 3.99. The van der Waals surface area contributed by atoms with Crippen molar-refractivity contribution in [1.82, 2.24) is 0 Å². The van der Waals surface area contributed by atoms with Crippen LogP contribution >= 0.6 is 0 Å². The van der Waals surface area contributed by atoms with Gasteiger partial charge in [-0.3, -0.25) is 0 Å². The Morgan fingerprint density at radius 1 is 1.41 bits per heavy atom. The molecule has 3 unspecified atom stereocenters. The highest BCUT2D eigenvalue weighted by atomic mass is 16.5.